The molecule has 3 rings (SSSR count). The Labute approximate surface area is 93.9 Å². The number of nitrogens with zero attached hydrogens (tertiary/aromatic N) is 2. The highest BCUT2D eigenvalue weighted by Crippen LogP contribution is 2.40. The van der Waals surface area contributed by atoms with Crippen molar-refractivity contribution in [3.05, 3.63) is 30.0 Å². The minimum atomic E-state index is 0.513. The average Bonchev–Trinajstić information content (AvgIpc) is 3.09. The largest absolute Gasteiger partial charge is 0.497 e. The highest BCUT2D eigenvalue weighted by molar-refractivity contribution is 5.84. The van der Waals surface area contributed by atoms with Gasteiger partial charge in [-0.1, -0.05) is 0 Å². The van der Waals surface area contributed by atoms with E-state index in [2.05, 4.69) is 10.6 Å². The summed E-state index contributed by atoms with van der Waals surface area (Å²) in [6, 6.07) is 10.7. The van der Waals surface area contributed by atoms with E-state index in [9.17, 15) is 0 Å². The summed E-state index contributed by atoms with van der Waals surface area (Å²) in [5.41, 5.74) is 1.86. The number of benzene rings is 1. The molecule has 1 fully saturated rings. The normalized spacial score (nSPS) is 15.0. The molecule has 80 valence electrons. The van der Waals surface area contributed by atoms with Gasteiger partial charge in [-0.3, -0.25) is 0 Å². The van der Waals surface area contributed by atoms with Crippen molar-refractivity contribution in [2.75, 3.05) is 7.11 Å². The quantitative estimate of drug-likeness (QED) is 0.767. The minimum absolute atomic E-state index is 0.513. The topological polar surface area (TPSA) is 37.9 Å². The van der Waals surface area contributed by atoms with Crippen LogP contribution in [0.1, 0.15) is 24.6 Å². The molecule has 1 aromatic heterocycles. The maximum atomic E-state index is 9.12. The summed E-state index contributed by atoms with van der Waals surface area (Å²) in [5.74, 6) is 0.844. The molecule has 1 heterocycles. The van der Waals surface area contributed by atoms with Gasteiger partial charge in [-0.2, -0.15) is 5.26 Å². The van der Waals surface area contributed by atoms with E-state index in [-0.39, 0.29) is 0 Å². The fraction of sp³-hybridized carbons (Fsp3) is 0.308. The second kappa shape index (κ2) is 3.28. The lowest BCUT2D eigenvalue weighted by Gasteiger charge is -2.05. The summed E-state index contributed by atoms with van der Waals surface area (Å²) in [6.07, 6.45) is 2.35. The molecular formula is C13H12N2O. The minimum Gasteiger partial charge on any atom is -0.497 e. The van der Waals surface area contributed by atoms with Crippen LogP contribution in [0, 0.1) is 11.3 Å². The molecule has 1 aliphatic rings. The Kier molecular flexibility index (Phi) is 1.90. The molecule has 0 saturated heterocycles. The van der Waals surface area contributed by atoms with Gasteiger partial charge in [0.05, 0.1) is 12.6 Å². The molecule has 0 radical (unpaired) electrons. The van der Waals surface area contributed by atoms with E-state index in [0.29, 0.717) is 6.04 Å². The van der Waals surface area contributed by atoms with Gasteiger partial charge in [0.15, 0.2) is 0 Å². The fourth-order valence-corrected chi connectivity index (χ4v) is 2.14. The average molecular weight is 212 g/mol. The van der Waals surface area contributed by atoms with E-state index in [1.165, 1.54) is 12.8 Å². The molecule has 0 bridgehead atoms. The Morgan fingerprint density at radius 2 is 2.19 bits per heavy atom. The second-order valence-electron chi connectivity index (χ2n) is 4.17. The van der Waals surface area contributed by atoms with Gasteiger partial charge in [0, 0.05) is 17.5 Å². The van der Waals surface area contributed by atoms with Crippen LogP contribution in [-0.4, -0.2) is 11.7 Å². The first-order valence-electron chi connectivity index (χ1n) is 5.42. The van der Waals surface area contributed by atoms with Gasteiger partial charge >= 0.3 is 0 Å². The number of ether oxygens (including phenoxy) is 1. The lowest BCUT2D eigenvalue weighted by Crippen LogP contribution is -1.96. The molecule has 1 aliphatic carbocycles. The molecule has 1 aromatic carbocycles. The van der Waals surface area contributed by atoms with Crippen molar-refractivity contribution in [1.82, 2.24) is 4.57 Å². The van der Waals surface area contributed by atoms with Crippen LogP contribution in [0.15, 0.2) is 24.3 Å². The van der Waals surface area contributed by atoms with E-state index in [1.54, 1.807) is 7.11 Å². The number of rotatable bonds is 2. The van der Waals surface area contributed by atoms with Crippen molar-refractivity contribution in [1.29, 1.82) is 5.26 Å². The van der Waals surface area contributed by atoms with Gasteiger partial charge in [0.2, 0.25) is 0 Å². The van der Waals surface area contributed by atoms with Gasteiger partial charge in [-0.25, -0.2) is 0 Å². The molecule has 0 unspecified atom stereocenters. The molecule has 0 atom stereocenters. The molecule has 0 N–H and O–H groups in total. The number of hydrogen-bond acceptors (Lipinski definition) is 2. The van der Waals surface area contributed by atoms with Gasteiger partial charge in [-0.15, -0.1) is 0 Å². The molecule has 3 heteroatoms. The van der Waals surface area contributed by atoms with Crippen LogP contribution in [0.3, 0.4) is 0 Å². The van der Waals surface area contributed by atoms with E-state index < -0.39 is 0 Å². The molecule has 3 nitrogen and oxygen atoms in total. The van der Waals surface area contributed by atoms with Gasteiger partial charge < -0.3 is 9.30 Å². The van der Waals surface area contributed by atoms with Crippen molar-refractivity contribution < 1.29 is 4.74 Å². The lowest BCUT2D eigenvalue weighted by atomic mass is 10.2. The summed E-state index contributed by atoms with van der Waals surface area (Å²) in [6.45, 7) is 0. The van der Waals surface area contributed by atoms with E-state index in [0.717, 1.165) is 22.3 Å². The molecule has 0 spiro atoms. The predicted molar refractivity (Wildman–Crippen MR) is 61.5 cm³/mol. The second-order valence-corrected chi connectivity index (χ2v) is 4.17. The van der Waals surface area contributed by atoms with Crippen molar-refractivity contribution in [3.63, 3.8) is 0 Å². The Balaban J connectivity index is 2.29. The van der Waals surface area contributed by atoms with Crippen LogP contribution in [-0.2, 0) is 0 Å². The van der Waals surface area contributed by atoms with Crippen molar-refractivity contribution in [2.24, 2.45) is 0 Å². The van der Waals surface area contributed by atoms with Crippen LogP contribution in [0.25, 0.3) is 10.9 Å². The summed E-state index contributed by atoms with van der Waals surface area (Å²) < 4.78 is 7.36. The number of nitriles is 1. The Hall–Kier alpha value is -1.95. The van der Waals surface area contributed by atoms with Crippen LogP contribution >= 0.6 is 0 Å². The van der Waals surface area contributed by atoms with E-state index >= 15 is 0 Å². The maximum absolute atomic E-state index is 9.12. The molecular weight excluding hydrogens is 200 g/mol. The molecule has 2 aromatic rings. The highest BCUT2D eigenvalue weighted by atomic mass is 16.5. The summed E-state index contributed by atoms with van der Waals surface area (Å²) in [5, 5.41) is 10.2. The van der Waals surface area contributed by atoms with Gasteiger partial charge in [0.1, 0.15) is 17.5 Å². The third-order valence-corrected chi connectivity index (χ3v) is 3.08. The molecule has 0 amide bonds. The number of hydrogen-bond donors (Lipinski definition) is 0. The Morgan fingerprint density at radius 3 is 2.81 bits per heavy atom. The van der Waals surface area contributed by atoms with Gasteiger partial charge in [-0.05, 0) is 31.0 Å². The van der Waals surface area contributed by atoms with E-state index in [4.69, 9.17) is 10.00 Å². The highest BCUT2D eigenvalue weighted by Gasteiger charge is 2.27. The fourth-order valence-electron chi connectivity index (χ4n) is 2.14. The monoisotopic (exact) mass is 212 g/mol. The maximum Gasteiger partial charge on any atom is 0.121 e. The van der Waals surface area contributed by atoms with Crippen LogP contribution in [0.2, 0.25) is 0 Å². The number of fused-ring (bicyclic) bond motifs is 1. The molecule has 0 aliphatic heterocycles. The first kappa shape index (κ1) is 9.29. The lowest BCUT2D eigenvalue weighted by molar-refractivity contribution is 0.415. The molecule has 1 saturated carbocycles. The summed E-state index contributed by atoms with van der Waals surface area (Å²) in [4.78, 5) is 0. The van der Waals surface area contributed by atoms with Crippen LogP contribution in [0.4, 0.5) is 0 Å². The summed E-state index contributed by atoms with van der Waals surface area (Å²) in [7, 11) is 1.66. The smallest absolute Gasteiger partial charge is 0.121 e. The van der Waals surface area contributed by atoms with Crippen molar-refractivity contribution in [2.45, 2.75) is 18.9 Å². The number of aromatic nitrogens is 1. The zero-order chi connectivity index (χ0) is 11.1. The Morgan fingerprint density at radius 1 is 1.38 bits per heavy atom. The SMILES string of the molecule is COc1ccc2cc(C#N)n(C3CC3)c2c1. The number of methoxy groups -OCH3 is 1. The van der Waals surface area contributed by atoms with Crippen molar-refractivity contribution >= 4 is 10.9 Å². The Bertz CT molecular complexity index is 588. The van der Waals surface area contributed by atoms with Crippen molar-refractivity contribution in [3.8, 4) is 11.8 Å². The third kappa shape index (κ3) is 1.27. The first-order chi connectivity index (χ1) is 7.83. The van der Waals surface area contributed by atoms with E-state index in [1.807, 2.05) is 24.3 Å². The molecule has 16 heavy (non-hydrogen) atoms. The van der Waals surface area contributed by atoms with Crippen LogP contribution < -0.4 is 4.74 Å². The van der Waals surface area contributed by atoms with Crippen LogP contribution in [0.5, 0.6) is 5.75 Å². The third-order valence-electron chi connectivity index (χ3n) is 3.08. The predicted octanol–water partition coefficient (Wildman–Crippen LogP) is 2.86. The zero-order valence-electron chi connectivity index (χ0n) is 9.10. The zero-order valence-corrected chi connectivity index (χ0v) is 9.10. The summed E-state index contributed by atoms with van der Waals surface area (Å²) >= 11 is 0. The first-order valence-corrected chi connectivity index (χ1v) is 5.42. The van der Waals surface area contributed by atoms with Gasteiger partial charge in [0.25, 0.3) is 0 Å². The standard InChI is InChI=1S/C13H12N2O/c1-16-12-5-2-9-6-11(8-14)15(10-3-4-10)13(9)7-12/h2,5-7,10H,3-4H2,1H3.